The lowest BCUT2D eigenvalue weighted by molar-refractivity contribution is -0.126. The number of ether oxygens (including phenoxy) is 3. The SMILES string of the molecule is CO[C@@H]1C[C@H](OC(=O)c2ccccc2)[C@@H](CO[Si](c2ccccc2)(c2ccccc2)C(C)(C)C)O1. The molecule has 0 aliphatic carbocycles. The third-order valence-electron chi connectivity index (χ3n) is 6.58. The van der Waals surface area contributed by atoms with Crippen LogP contribution in [0.1, 0.15) is 37.6 Å². The van der Waals surface area contributed by atoms with Gasteiger partial charge in [0.05, 0.1) is 12.2 Å². The number of hydrogen-bond donors (Lipinski definition) is 0. The Labute approximate surface area is 209 Å². The van der Waals surface area contributed by atoms with Crippen molar-refractivity contribution < 1.29 is 23.4 Å². The van der Waals surface area contributed by atoms with E-state index in [1.54, 1.807) is 19.2 Å². The minimum absolute atomic E-state index is 0.162. The largest absolute Gasteiger partial charge is 0.456 e. The first-order chi connectivity index (χ1) is 16.8. The molecule has 4 rings (SSSR count). The standard InChI is InChI=1S/C29H34O5Si/c1-29(2,3)35(23-16-10-6-11-17-23,24-18-12-7-13-19-24)32-21-26-25(20-27(31-4)33-26)34-28(30)22-14-8-5-9-15-22/h5-19,25-27H,20-21H2,1-4H3/t25-,26+,27-/m0/s1. The molecule has 1 saturated heterocycles. The number of carbonyl (C=O) groups is 1. The van der Waals surface area contributed by atoms with Gasteiger partial charge >= 0.3 is 5.97 Å². The Morgan fingerprint density at radius 1 is 0.886 bits per heavy atom. The summed E-state index contributed by atoms with van der Waals surface area (Å²) in [5, 5.41) is 2.22. The third kappa shape index (κ3) is 5.41. The van der Waals surface area contributed by atoms with Crippen LogP contribution >= 0.6 is 0 Å². The van der Waals surface area contributed by atoms with E-state index in [9.17, 15) is 4.79 Å². The fraction of sp³-hybridized carbons (Fsp3) is 0.345. The number of rotatable bonds is 8. The molecule has 3 aromatic carbocycles. The van der Waals surface area contributed by atoms with Crippen LogP contribution < -0.4 is 10.4 Å². The average Bonchev–Trinajstić information content (AvgIpc) is 3.27. The summed E-state index contributed by atoms with van der Waals surface area (Å²) < 4.78 is 24.5. The van der Waals surface area contributed by atoms with Crippen molar-refractivity contribution in [3.63, 3.8) is 0 Å². The van der Waals surface area contributed by atoms with Gasteiger partial charge in [-0.15, -0.1) is 0 Å². The van der Waals surface area contributed by atoms with E-state index in [0.717, 1.165) is 0 Å². The van der Waals surface area contributed by atoms with Gasteiger partial charge < -0.3 is 18.6 Å². The monoisotopic (exact) mass is 490 g/mol. The van der Waals surface area contributed by atoms with E-state index in [4.69, 9.17) is 18.6 Å². The van der Waals surface area contributed by atoms with Gasteiger partial charge in [-0.25, -0.2) is 4.79 Å². The lowest BCUT2D eigenvalue weighted by Gasteiger charge is -2.43. The van der Waals surface area contributed by atoms with Crippen LogP contribution in [0, 0.1) is 0 Å². The van der Waals surface area contributed by atoms with E-state index < -0.39 is 26.8 Å². The van der Waals surface area contributed by atoms with Crippen molar-refractivity contribution in [2.75, 3.05) is 13.7 Å². The quantitative estimate of drug-likeness (QED) is 0.343. The van der Waals surface area contributed by atoms with Crippen molar-refractivity contribution in [3.8, 4) is 0 Å². The van der Waals surface area contributed by atoms with Crippen LogP contribution in [0.25, 0.3) is 0 Å². The highest BCUT2D eigenvalue weighted by Gasteiger charge is 2.51. The van der Waals surface area contributed by atoms with Crippen LogP contribution in [-0.4, -0.2) is 46.5 Å². The molecule has 0 aromatic heterocycles. The summed E-state index contributed by atoms with van der Waals surface area (Å²) >= 11 is 0. The molecular formula is C29H34O5Si. The van der Waals surface area contributed by atoms with Crippen molar-refractivity contribution in [1.82, 2.24) is 0 Å². The number of esters is 1. The van der Waals surface area contributed by atoms with Crippen LogP contribution in [0.3, 0.4) is 0 Å². The Morgan fingerprint density at radius 3 is 1.89 bits per heavy atom. The molecule has 3 aromatic rings. The molecule has 0 unspecified atom stereocenters. The molecule has 0 radical (unpaired) electrons. The normalized spacial score (nSPS) is 20.5. The highest BCUT2D eigenvalue weighted by atomic mass is 28.4. The van der Waals surface area contributed by atoms with E-state index in [1.165, 1.54) is 10.4 Å². The van der Waals surface area contributed by atoms with Crippen LogP contribution in [0.15, 0.2) is 91.0 Å². The molecule has 0 N–H and O–H groups in total. The topological polar surface area (TPSA) is 54.0 Å². The molecule has 0 spiro atoms. The van der Waals surface area contributed by atoms with Crippen molar-refractivity contribution in [3.05, 3.63) is 96.6 Å². The van der Waals surface area contributed by atoms with Gasteiger partial charge in [-0.3, -0.25) is 0 Å². The second kappa shape index (κ2) is 10.9. The zero-order valence-corrected chi connectivity index (χ0v) is 21.8. The van der Waals surface area contributed by atoms with E-state index in [1.807, 2.05) is 30.3 Å². The summed E-state index contributed by atoms with van der Waals surface area (Å²) in [6.07, 6.45) is -0.888. The first-order valence-electron chi connectivity index (χ1n) is 12.0. The molecule has 0 bridgehead atoms. The third-order valence-corrected chi connectivity index (χ3v) is 11.6. The predicted molar refractivity (Wildman–Crippen MR) is 140 cm³/mol. The number of methoxy groups -OCH3 is 1. The summed E-state index contributed by atoms with van der Waals surface area (Å²) in [5.41, 5.74) is 0.514. The fourth-order valence-corrected chi connectivity index (χ4v) is 9.42. The van der Waals surface area contributed by atoms with Crippen molar-refractivity contribution in [2.24, 2.45) is 0 Å². The highest BCUT2D eigenvalue weighted by molar-refractivity contribution is 6.99. The maximum atomic E-state index is 12.8. The first-order valence-corrected chi connectivity index (χ1v) is 14.0. The van der Waals surface area contributed by atoms with E-state index in [2.05, 4.69) is 69.3 Å². The zero-order valence-electron chi connectivity index (χ0n) is 20.8. The van der Waals surface area contributed by atoms with Gasteiger partial charge in [0.25, 0.3) is 8.32 Å². The van der Waals surface area contributed by atoms with Crippen molar-refractivity contribution in [2.45, 2.75) is 50.7 Å². The average molecular weight is 491 g/mol. The Kier molecular flexibility index (Phi) is 7.87. The first kappa shape index (κ1) is 25.3. The molecule has 5 nitrogen and oxygen atoms in total. The van der Waals surface area contributed by atoms with Crippen LogP contribution in [0.5, 0.6) is 0 Å². The van der Waals surface area contributed by atoms with E-state index >= 15 is 0 Å². The lowest BCUT2D eigenvalue weighted by Crippen LogP contribution is -2.67. The van der Waals surface area contributed by atoms with Gasteiger partial charge in [0, 0.05) is 13.5 Å². The second-order valence-electron chi connectivity index (χ2n) is 9.86. The summed E-state index contributed by atoms with van der Waals surface area (Å²) in [5.74, 6) is -0.369. The maximum Gasteiger partial charge on any atom is 0.338 e. The lowest BCUT2D eigenvalue weighted by atomic mass is 10.2. The van der Waals surface area contributed by atoms with Gasteiger partial charge in [0.1, 0.15) is 12.2 Å². The predicted octanol–water partition coefficient (Wildman–Crippen LogP) is 4.55. The molecule has 35 heavy (non-hydrogen) atoms. The molecule has 1 heterocycles. The Bertz CT molecular complexity index is 1040. The summed E-state index contributed by atoms with van der Waals surface area (Å²) in [6.45, 7) is 7.00. The molecular weight excluding hydrogens is 456 g/mol. The number of benzene rings is 3. The molecule has 1 aliphatic rings. The van der Waals surface area contributed by atoms with Gasteiger partial charge in [-0.1, -0.05) is 99.6 Å². The Morgan fingerprint density at radius 2 is 1.40 bits per heavy atom. The van der Waals surface area contributed by atoms with Crippen LogP contribution in [0.4, 0.5) is 0 Å². The summed E-state index contributed by atoms with van der Waals surface area (Å²) in [7, 11) is -1.14. The molecule has 0 saturated carbocycles. The van der Waals surface area contributed by atoms with Gasteiger partial charge in [0.2, 0.25) is 0 Å². The van der Waals surface area contributed by atoms with Crippen molar-refractivity contribution in [1.29, 1.82) is 0 Å². The van der Waals surface area contributed by atoms with Gasteiger partial charge in [-0.05, 0) is 27.5 Å². The molecule has 1 aliphatic heterocycles. The van der Waals surface area contributed by atoms with Crippen LogP contribution in [-0.2, 0) is 18.6 Å². The molecule has 184 valence electrons. The maximum absolute atomic E-state index is 12.8. The molecule has 6 heteroatoms. The molecule has 1 fully saturated rings. The summed E-state index contributed by atoms with van der Waals surface area (Å²) in [6, 6.07) is 29.9. The Hall–Kier alpha value is -2.77. The van der Waals surface area contributed by atoms with E-state index in [0.29, 0.717) is 18.6 Å². The van der Waals surface area contributed by atoms with Crippen LogP contribution in [0.2, 0.25) is 5.04 Å². The fourth-order valence-electron chi connectivity index (χ4n) is 4.85. The second-order valence-corrected chi connectivity index (χ2v) is 14.2. The van der Waals surface area contributed by atoms with Gasteiger partial charge in [0.15, 0.2) is 6.29 Å². The minimum Gasteiger partial charge on any atom is -0.456 e. The van der Waals surface area contributed by atoms with E-state index in [-0.39, 0.29) is 11.0 Å². The Balaban J connectivity index is 1.63. The number of hydrogen-bond acceptors (Lipinski definition) is 5. The van der Waals surface area contributed by atoms with Gasteiger partial charge in [-0.2, -0.15) is 0 Å². The summed E-state index contributed by atoms with van der Waals surface area (Å²) in [4.78, 5) is 12.8. The number of carbonyl (C=O) groups excluding carboxylic acids is 1. The van der Waals surface area contributed by atoms with Crippen molar-refractivity contribution >= 4 is 24.7 Å². The molecule has 0 amide bonds. The smallest absolute Gasteiger partial charge is 0.338 e. The minimum atomic E-state index is -2.74. The zero-order chi connectivity index (χ0) is 24.9. The highest BCUT2D eigenvalue weighted by Crippen LogP contribution is 2.37. The molecule has 3 atom stereocenters.